The highest BCUT2D eigenvalue weighted by atomic mass is 32.2. The first-order valence-electron chi connectivity index (χ1n) is 9.24. The third kappa shape index (κ3) is 3.99. The van der Waals surface area contributed by atoms with Gasteiger partial charge in [-0.15, -0.1) is 0 Å². The Hall–Kier alpha value is -2.54. The van der Waals surface area contributed by atoms with Crippen LogP contribution in [-0.2, 0) is 28.4 Å². The lowest BCUT2D eigenvalue weighted by molar-refractivity contribution is -0.143. The minimum absolute atomic E-state index is 0.0394. The fourth-order valence-corrected chi connectivity index (χ4v) is 3.99. The lowest BCUT2D eigenvalue weighted by atomic mass is 10.1. The van der Waals surface area contributed by atoms with Gasteiger partial charge in [-0.1, -0.05) is 12.1 Å². The summed E-state index contributed by atoms with van der Waals surface area (Å²) < 4.78 is 9.23. The van der Waals surface area contributed by atoms with Crippen LogP contribution in [0.25, 0.3) is 11.0 Å². The van der Waals surface area contributed by atoms with Crippen molar-refractivity contribution in [1.29, 1.82) is 0 Å². The number of Topliss-reactive ketones (excluding diaryl/α,β-unsaturated/α-hetero) is 1. The minimum atomic E-state index is -0.442. The normalized spacial score (nSPS) is 11.1. The lowest BCUT2D eigenvalue weighted by Crippen LogP contribution is -2.19. The third-order valence-electron chi connectivity index (χ3n) is 4.85. The topological polar surface area (TPSA) is 66.1 Å². The first kappa shape index (κ1) is 20.2. The van der Waals surface area contributed by atoms with Crippen molar-refractivity contribution in [1.82, 2.24) is 14.1 Å². The highest BCUT2D eigenvalue weighted by molar-refractivity contribution is 7.97. The fraction of sp³-hybridized carbons (Fsp3) is 0.381. The summed E-state index contributed by atoms with van der Waals surface area (Å²) >= 11 is 1.64. The largest absolute Gasteiger partial charge is 0.456 e. The quantitative estimate of drug-likeness (QED) is 0.426. The molecule has 0 aliphatic carbocycles. The van der Waals surface area contributed by atoms with Crippen molar-refractivity contribution in [2.45, 2.75) is 39.6 Å². The molecule has 0 aliphatic heterocycles. The second-order valence-electron chi connectivity index (χ2n) is 6.65. The Labute approximate surface area is 168 Å². The maximum absolute atomic E-state index is 12.5. The van der Waals surface area contributed by atoms with E-state index >= 15 is 0 Å². The number of carbonyl (C=O) groups is 2. The zero-order valence-corrected chi connectivity index (χ0v) is 17.5. The van der Waals surface area contributed by atoms with E-state index in [1.807, 2.05) is 61.9 Å². The van der Waals surface area contributed by atoms with E-state index in [1.165, 1.54) is 0 Å². The third-order valence-corrected chi connectivity index (χ3v) is 5.40. The first-order valence-corrected chi connectivity index (χ1v) is 10.6. The van der Waals surface area contributed by atoms with Crippen molar-refractivity contribution in [3.05, 3.63) is 53.1 Å². The Morgan fingerprint density at radius 2 is 1.93 bits per heavy atom. The van der Waals surface area contributed by atoms with Gasteiger partial charge in [-0.3, -0.25) is 9.59 Å². The van der Waals surface area contributed by atoms with Crippen LogP contribution in [0, 0.1) is 13.8 Å². The monoisotopic (exact) mass is 399 g/mol. The number of imidazole rings is 1. The minimum Gasteiger partial charge on any atom is -0.456 e. The molecule has 0 saturated heterocycles. The van der Waals surface area contributed by atoms with Gasteiger partial charge >= 0.3 is 5.97 Å². The van der Waals surface area contributed by atoms with Gasteiger partial charge in [0.2, 0.25) is 5.78 Å². The summed E-state index contributed by atoms with van der Waals surface area (Å²) in [6.45, 7) is 6.51. The molecule has 6 nitrogen and oxygen atoms in total. The smallest absolute Gasteiger partial charge is 0.326 e. The van der Waals surface area contributed by atoms with Crippen molar-refractivity contribution < 1.29 is 14.3 Å². The molecule has 3 aromatic rings. The molecule has 28 heavy (non-hydrogen) atoms. The molecule has 0 amide bonds. The number of ketones is 1. The zero-order valence-electron chi connectivity index (χ0n) is 16.7. The van der Waals surface area contributed by atoms with E-state index in [9.17, 15) is 9.59 Å². The number of ether oxygens (including phenoxy) is 1. The van der Waals surface area contributed by atoms with Crippen molar-refractivity contribution in [3.8, 4) is 0 Å². The second-order valence-corrected chi connectivity index (χ2v) is 7.51. The van der Waals surface area contributed by atoms with E-state index in [-0.39, 0.29) is 18.9 Å². The van der Waals surface area contributed by atoms with Gasteiger partial charge in [0.05, 0.1) is 16.8 Å². The number of hydrogen-bond donors (Lipinski definition) is 0. The maximum atomic E-state index is 12.5. The van der Waals surface area contributed by atoms with Gasteiger partial charge in [-0.25, -0.2) is 4.98 Å². The fourth-order valence-electron chi connectivity index (χ4n) is 3.51. The number of nitrogens with zero attached hydrogens (tertiary/aromatic N) is 3. The van der Waals surface area contributed by atoms with Crippen molar-refractivity contribution in [2.75, 3.05) is 12.9 Å². The van der Waals surface area contributed by atoms with Crippen molar-refractivity contribution in [3.63, 3.8) is 0 Å². The molecule has 0 bridgehead atoms. The summed E-state index contributed by atoms with van der Waals surface area (Å²) in [7, 11) is 0. The molecule has 2 heterocycles. The molecule has 0 fully saturated rings. The molecule has 0 saturated carbocycles. The average molecular weight is 400 g/mol. The van der Waals surface area contributed by atoms with Crippen LogP contribution in [0.1, 0.15) is 34.5 Å². The van der Waals surface area contributed by atoms with Gasteiger partial charge in [0.15, 0.2) is 6.61 Å². The van der Waals surface area contributed by atoms with Gasteiger partial charge < -0.3 is 13.9 Å². The second kappa shape index (κ2) is 8.65. The SMILES string of the molecule is CCn1c(C)cc(C(=O)COC(=O)Cn2c(CSC)nc3ccccc32)c1C. The van der Waals surface area contributed by atoms with E-state index in [4.69, 9.17) is 4.74 Å². The van der Waals surface area contributed by atoms with Gasteiger partial charge in [-0.2, -0.15) is 11.8 Å². The number of para-hydroxylation sites is 2. The van der Waals surface area contributed by atoms with Gasteiger partial charge in [-0.05, 0) is 45.2 Å². The molecule has 0 aliphatic rings. The number of fused-ring (bicyclic) bond motifs is 1. The average Bonchev–Trinajstić information content (AvgIpc) is 3.17. The number of hydrogen-bond acceptors (Lipinski definition) is 5. The van der Waals surface area contributed by atoms with E-state index < -0.39 is 5.97 Å². The highest BCUT2D eigenvalue weighted by Crippen LogP contribution is 2.19. The lowest BCUT2D eigenvalue weighted by Gasteiger charge is -2.09. The standard InChI is InChI=1S/C21H25N3O3S/c1-5-23-14(2)10-16(15(23)3)19(25)12-27-21(26)11-24-18-9-7-6-8-17(18)22-20(24)13-28-4/h6-10H,5,11-13H2,1-4H3. The molecule has 1 aromatic carbocycles. The van der Waals surface area contributed by atoms with Crippen LogP contribution in [0.15, 0.2) is 30.3 Å². The number of benzene rings is 1. The van der Waals surface area contributed by atoms with Crippen LogP contribution >= 0.6 is 11.8 Å². The first-order chi connectivity index (χ1) is 13.5. The number of carbonyl (C=O) groups excluding carboxylic acids is 2. The molecule has 0 radical (unpaired) electrons. The summed E-state index contributed by atoms with van der Waals surface area (Å²) in [5.41, 5.74) is 4.29. The molecule has 0 atom stereocenters. The summed E-state index contributed by atoms with van der Waals surface area (Å²) in [5, 5.41) is 0. The van der Waals surface area contributed by atoms with E-state index in [0.29, 0.717) is 11.3 Å². The number of esters is 1. The predicted octanol–water partition coefficient (Wildman–Crippen LogP) is 3.76. The maximum Gasteiger partial charge on any atom is 0.326 e. The van der Waals surface area contributed by atoms with Crippen LogP contribution in [-0.4, -0.2) is 38.7 Å². The number of aromatic nitrogens is 3. The summed E-state index contributed by atoms with van der Waals surface area (Å²) in [6, 6.07) is 9.56. The van der Waals surface area contributed by atoms with Crippen LogP contribution in [0.4, 0.5) is 0 Å². The molecular weight excluding hydrogens is 374 g/mol. The van der Waals surface area contributed by atoms with E-state index in [0.717, 1.165) is 34.8 Å². The molecule has 0 N–H and O–H groups in total. The van der Waals surface area contributed by atoms with E-state index in [1.54, 1.807) is 11.8 Å². The molecule has 3 rings (SSSR count). The Morgan fingerprint density at radius 3 is 2.61 bits per heavy atom. The Morgan fingerprint density at radius 1 is 1.18 bits per heavy atom. The number of aryl methyl sites for hydroxylation is 1. The Balaban J connectivity index is 1.70. The predicted molar refractivity (Wildman–Crippen MR) is 112 cm³/mol. The zero-order chi connectivity index (χ0) is 20.3. The van der Waals surface area contributed by atoms with E-state index in [2.05, 4.69) is 9.55 Å². The Bertz CT molecular complexity index is 1020. The summed E-state index contributed by atoms with van der Waals surface area (Å²) in [4.78, 5) is 29.5. The highest BCUT2D eigenvalue weighted by Gasteiger charge is 2.18. The molecule has 148 valence electrons. The van der Waals surface area contributed by atoms with Gasteiger partial charge in [0, 0.05) is 23.5 Å². The molecule has 0 unspecified atom stereocenters. The van der Waals surface area contributed by atoms with Crippen LogP contribution < -0.4 is 0 Å². The van der Waals surface area contributed by atoms with Crippen LogP contribution in [0.2, 0.25) is 0 Å². The summed E-state index contributed by atoms with van der Waals surface area (Å²) in [6.07, 6.45) is 1.99. The number of thioether (sulfide) groups is 1. The van der Waals surface area contributed by atoms with Crippen molar-refractivity contribution in [2.24, 2.45) is 0 Å². The van der Waals surface area contributed by atoms with Gasteiger partial charge in [0.25, 0.3) is 0 Å². The van der Waals surface area contributed by atoms with Crippen LogP contribution in [0.5, 0.6) is 0 Å². The number of rotatable bonds is 8. The van der Waals surface area contributed by atoms with Gasteiger partial charge in [0.1, 0.15) is 12.4 Å². The summed E-state index contributed by atoms with van der Waals surface area (Å²) in [5.74, 6) is 0.900. The Kier molecular flexibility index (Phi) is 6.24. The molecule has 0 spiro atoms. The van der Waals surface area contributed by atoms with Crippen LogP contribution in [0.3, 0.4) is 0 Å². The molecule has 2 aromatic heterocycles. The molecular formula is C21H25N3O3S. The molecule has 7 heteroatoms. The van der Waals surface area contributed by atoms with Crippen molar-refractivity contribution >= 4 is 34.5 Å².